The molecule has 19 heavy (non-hydrogen) atoms. The van der Waals surface area contributed by atoms with Crippen LogP contribution in [0, 0.1) is 3.57 Å². The summed E-state index contributed by atoms with van der Waals surface area (Å²) in [4.78, 5) is 4.63. The van der Waals surface area contributed by atoms with Crippen LogP contribution >= 0.6 is 34.2 Å². The van der Waals surface area contributed by atoms with Crippen LogP contribution in [0.3, 0.4) is 0 Å². The molecule has 1 aromatic heterocycles. The smallest absolute Gasteiger partial charge is 0.0917 e. The maximum absolute atomic E-state index is 6.27. The Labute approximate surface area is 129 Å². The maximum Gasteiger partial charge on any atom is 0.0917 e. The van der Waals surface area contributed by atoms with Gasteiger partial charge >= 0.3 is 0 Å². The molecule has 0 atom stereocenters. The molecular formula is C15H10ClIN2. The van der Waals surface area contributed by atoms with Crippen LogP contribution in [0.4, 0.5) is 5.69 Å². The van der Waals surface area contributed by atoms with Crippen molar-refractivity contribution in [1.82, 2.24) is 4.98 Å². The van der Waals surface area contributed by atoms with E-state index in [4.69, 9.17) is 17.3 Å². The Balaban J connectivity index is 2.31. The van der Waals surface area contributed by atoms with Crippen molar-refractivity contribution < 1.29 is 0 Å². The minimum absolute atomic E-state index is 0.631. The van der Waals surface area contributed by atoms with Crippen LogP contribution in [-0.2, 0) is 0 Å². The first-order valence-corrected chi connectivity index (χ1v) is 7.21. The van der Waals surface area contributed by atoms with Gasteiger partial charge in [-0.05, 0) is 40.8 Å². The summed E-state index contributed by atoms with van der Waals surface area (Å²) in [5.74, 6) is 0. The number of fused-ring (bicyclic) bond motifs is 1. The SMILES string of the molecule is Nc1cc(-c2ccccc2)nc2c(Cl)cc(I)cc12. The number of hydrogen-bond donors (Lipinski definition) is 1. The lowest BCUT2D eigenvalue weighted by Crippen LogP contribution is -1.94. The zero-order valence-corrected chi connectivity index (χ0v) is 12.8. The summed E-state index contributed by atoms with van der Waals surface area (Å²) >= 11 is 8.49. The van der Waals surface area contributed by atoms with Crippen molar-refractivity contribution >= 4 is 50.8 Å². The molecule has 0 unspecified atom stereocenters. The Morgan fingerprint density at radius 3 is 2.53 bits per heavy atom. The van der Waals surface area contributed by atoms with Crippen LogP contribution in [0.25, 0.3) is 22.2 Å². The highest BCUT2D eigenvalue weighted by Crippen LogP contribution is 2.31. The molecule has 2 nitrogen and oxygen atoms in total. The molecule has 0 saturated carbocycles. The standard InChI is InChI=1S/C15H10ClIN2/c16-12-7-10(17)6-11-13(18)8-14(19-15(11)12)9-4-2-1-3-5-9/h1-8H,(H2,18,19). The average molecular weight is 381 g/mol. The largest absolute Gasteiger partial charge is 0.398 e. The number of hydrogen-bond acceptors (Lipinski definition) is 2. The molecule has 2 aromatic carbocycles. The normalized spacial score (nSPS) is 10.8. The molecule has 4 heteroatoms. The van der Waals surface area contributed by atoms with E-state index in [0.29, 0.717) is 10.7 Å². The van der Waals surface area contributed by atoms with Gasteiger partial charge in [0.05, 0.1) is 16.2 Å². The fraction of sp³-hybridized carbons (Fsp3) is 0. The molecule has 2 N–H and O–H groups in total. The van der Waals surface area contributed by atoms with Gasteiger partial charge in [0.25, 0.3) is 0 Å². The van der Waals surface area contributed by atoms with Crippen molar-refractivity contribution in [1.29, 1.82) is 0 Å². The Morgan fingerprint density at radius 2 is 1.79 bits per heavy atom. The molecule has 1 heterocycles. The van der Waals surface area contributed by atoms with Gasteiger partial charge in [-0.1, -0.05) is 41.9 Å². The third-order valence-corrected chi connectivity index (χ3v) is 3.84. The highest BCUT2D eigenvalue weighted by atomic mass is 127. The fourth-order valence-electron chi connectivity index (χ4n) is 2.03. The van der Waals surface area contributed by atoms with Crippen LogP contribution in [0.5, 0.6) is 0 Å². The van der Waals surface area contributed by atoms with Gasteiger partial charge in [-0.15, -0.1) is 0 Å². The number of halogens is 2. The molecule has 0 fully saturated rings. The predicted octanol–water partition coefficient (Wildman–Crippen LogP) is 4.74. The lowest BCUT2D eigenvalue weighted by atomic mass is 10.1. The van der Waals surface area contributed by atoms with Gasteiger partial charge < -0.3 is 5.73 Å². The van der Waals surface area contributed by atoms with Crippen LogP contribution < -0.4 is 5.73 Å². The second kappa shape index (κ2) is 4.98. The zero-order valence-electron chi connectivity index (χ0n) is 9.90. The molecular weight excluding hydrogens is 371 g/mol. The van der Waals surface area contributed by atoms with Gasteiger partial charge in [-0.25, -0.2) is 4.98 Å². The summed E-state index contributed by atoms with van der Waals surface area (Å²) in [6.07, 6.45) is 0. The summed E-state index contributed by atoms with van der Waals surface area (Å²) in [5, 5.41) is 1.53. The molecule has 0 aliphatic carbocycles. The molecule has 0 spiro atoms. The van der Waals surface area contributed by atoms with Gasteiger partial charge in [-0.3, -0.25) is 0 Å². The van der Waals surface area contributed by atoms with Crippen LogP contribution in [0.2, 0.25) is 5.02 Å². The summed E-state index contributed by atoms with van der Waals surface area (Å²) < 4.78 is 1.05. The van der Waals surface area contributed by atoms with E-state index in [0.717, 1.165) is 25.7 Å². The zero-order chi connectivity index (χ0) is 13.4. The van der Waals surface area contributed by atoms with Crippen LogP contribution in [0.1, 0.15) is 0 Å². The summed E-state index contributed by atoms with van der Waals surface area (Å²) in [6, 6.07) is 15.7. The van der Waals surface area contributed by atoms with Crippen molar-refractivity contribution in [2.24, 2.45) is 0 Å². The van der Waals surface area contributed by atoms with Gasteiger partial charge in [-0.2, -0.15) is 0 Å². The van der Waals surface area contributed by atoms with E-state index < -0.39 is 0 Å². The predicted molar refractivity (Wildman–Crippen MR) is 89.3 cm³/mol. The van der Waals surface area contributed by atoms with E-state index in [1.54, 1.807) is 0 Å². The Bertz CT molecular complexity index is 757. The number of benzene rings is 2. The quantitative estimate of drug-likeness (QED) is 0.619. The first-order valence-electron chi connectivity index (χ1n) is 5.76. The van der Waals surface area contributed by atoms with Gasteiger partial charge in [0.15, 0.2) is 0 Å². The molecule has 0 saturated heterocycles. The second-order valence-corrected chi connectivity index (χ2v) is 5.90. The molecule has 0 aliphatic heterocycles. The highest BCUT2D eigenvalue weighted by molar-refractivity contribution is 14.1. The van der Waals surface area contributed by atoms with E-state index >= 15 is 0 Å². The first-order chi connectivity index (χ1) is 9.15. The van der Waals surface area contributed by atoms with E-state index in [9.17, 15) is 0 Å². The Kier molecular flexibility index (Phi) is 3.33. The van der Waals surface area contributed by atoms with Crippen molar-refractivity contribution in [2.75, 3.05) is 5.73 Å². The van der Waals surface area contributed by atoms with Gasteiger partial charge in [0.1, 0.15) is 0 Å². The summed E-state index contributed by atoms with van der Waals surface area (Å²) in [6.45, 7) is 0. The maximum atomic E-state index is 6.27. The summed E-state index contributed by atoms with van der Waals surface area (Å²) in [5.41, 5.74) is 9.45. The number of nitrogen functional groups attached to an aromatic ring is 1. The minimum Gasteiger partial charge on any atom is -0.398 e. The van der Waals surface area contributed by atoms with E-state index in [-0.39, 0.29) is 0 Å². The molecule has 3 aromatic rings. The first kappa shape index (κ1) is 12.7. The van der Waals surface area contributed by atoms with Crippen LogP contribution in [-0.4, -0.2) is 4.98 Å². The monoisotopic (exact) mass is 380 g/mol. The summed E-state index contributed by atoms with van der Waals surface area (Å²) in [7, 11) is 0. The number of anilines is 1. The molecule has 0 aliphatic rings. The molecule has 0 bridgehead atoms. The van der Waals surface area contributed by atoms with Gasteiger partial charge in [0.2, 0.25) is 0 Å². The fourth-order valence-corrected chi connectivity index (χ4v) is 3.10. The molecule has 94 valence electrons. The Morgan fingerprint density at radius 1 is 1.05 bits per heavy atom. The van der Waals surface area contributed by atoms with E-state index in [1.807, 2.05) is 48.5 Å². The van der Waals surface area contributed by atoms with Gasteiger partial charge in [0, 0.05) is 20.2 Å². The Hall–Kier alpha value is -1.33. The lowest BCUT2D eigenvalue weighted by Gasteiger charge is -2.08. The average Bonchev–Trinajstić information content (AvgIpc) is 2.41. The van der Waals surface area contributed by atoms with E-state index in [1.165, 1.54) is 0 Å². The van der Waals surface area contributed by atoms with Crippen molar-refractivity contribution in [2.45, 2.75) is 0 Å². The third kappa shape index (κ3) is 2.40. The lowest BCUT2D eigenvalue weighted by molar-refractivity contribution is 1.40. The molecule has 0 amide bonds. The molecule has 3 rings (SSSR count). The van der Waals surface area contributed by atoms with Crippen molar-refractivity contribution in [3.63, 3.8) is 0 Å². The minimum atomic E-state index is 0.631. The number of nitrogens with two attached hydrogens (primary N) is 1. The third-order valence-electron chi connectivity index (χ3n) is 2.93. The number of rotatable bonds is 1. The highest BCUT2D eigenvalue weighted by Gasteiger charge is 2.09. The number of nitrogens with zero attached hydrogens (tertiary/aromatic N) is 1. The number of pyridine rings is 1. The van der Waals surface area contributed by atoms with Crippen molar-refractivity contribution in [3.8, 4) is 11.3 Å². The van der Waals surface area contributed by atoms with Crippen LogP contribution in [0.15, 0.2) is 48.5 Å². The van der Waals surface area contributed by atoms with E-state index in [2.05, 4.69) is 27.6 Å². The second-order valence-electron chi connectivity index (χ2n) is 4.25. The number of aromatic nitrogens is 1. The van der Waals surface area contributed by atoms with Crippen molar-refractivity contribution in [3.05, 3.63) is 57.1 Å². The topological polar surface area (TPSA) is 38.9 Å². The molecule has 0 radical (unpaired) electrons.